The minimum Gasteiger partial charge on any atom is -0.490 e. The van der Waals surface area contributed by atoms with Crippen LogP contribution in [0.25, 0.3) is 10.2 Å². The summed E-state index contributed by atoms with van der Waals surface area (Å²) in [6.07, 6.45) is 0. The monoisotopic (exact) mass is 462 g/mol. The number of nitrogens with zero attached hydrogens (tertiary/aromatic N) is 1. The number of carbonyl (C=O) groups excluding carboxylic acids is 1. The molecule has 3 aromatic rings. The fourth-order valence-electron chi connectivity index (χ4n) is 2.37. The number of carboxylic acid groups (broad SMARTS) is 1. The summed E-state index contributed by atoms with van der Waals surface area (Å²) < 4.78 is 6.11. The first kappa shape index (κ1) is 20.7. The number of carbonyl (C=O) groups is 2. The van der Waals surface area contributed by atoms with Crippen LogP contribution in [-0.4, -0.2) is 40.1 Å². The van der Waals surface area contributed by atoms with Gasteiger partial charge in [0.2, 0.25) is 0 Å². The summed E-state index contributed by atoms with van der Waals surface area (Å²) in [6.45, 7) is 2.24. The number of aromatic amines is 1. The van der Waals surface area contributed by atoms with Crippen molar-refractivity contribution < 1.29 is 19.4 Å². The Morgan fingerprint density at radius 3 is 2.68 bits per heavy atom. The number of amides is 1. The van der Waals surface area contributed by atoms with E-state index in [1.54, 1.807) is 6.92 Å². The van der Waals surface area contributed by atoms with Gasteiger partial charge in [-0.05, 0) is 30.8 Å². The van der Waals surface area contributed by atoms with Crippen molar-refractivity contribution in [3.8, 4) is 5.75 Å². The molecular formula is C16H13Cl3N4O4S. The molecule has 0 unspecified atom stereocenters. The summed E-state index contributed by atoms with van der Waals surface area (Å²) in [6, 6.07) is 2.83. The molecule has 0 aliphatic rings. The van der Waals surface area contributed by atoms with Crippen molar-refractivity contribution in [2.24, 2.45) is 0 Å². The summed E-state index contributed by atoms with van der Waals surface area (Å²) in [5.41, 5.74) is 1.14. The van der Waals surface area contributed by atoms with E-state index >= 15 is 0 Å². The molecule has 0 fully saturated rings. The third kappa shape index (κ3) is 4.18. The molecule has 12 heteroatoms. The van der Waals surface area contributed by atoms with Crippen LogP contribution in [-0.2, 0) is 0 Å². The van der Waals surface area contributed by atoms with E-state index in [2.05, 4.69) is 20.1 Å². The number of rotatable bonds is 7. The molecule has 0 radical (unpaired) electrons. The lowest BCUT2D eigenvalue weighted by molar-refractivity contribution is 0.0696. The Kier molecular flexibility index (Phi) is 6.31. The first-order valence-electron chi connectivity index (χ1n) is 7.81. The minimum atomic E-state index is -1.11. The Balaban J connectivity index is 1.93. The molecule has 8 nitrogen and oxygen atoms in total. The number of anilines is 1. The van der Waals surface area contributed by atoms with Crippen molar-refractivity contribution in [3.63, 3.8) is 0 Å². The predicted molar refractivity (Wildman–Crippen MR) is 109 cm³/mol. The van der Waals surface area contributed by atoms with Crippen molar-refractivity contribution in [1.82, 2.24) is 14.8 Å². The molecule has 4 N–H and O–H groups in total. The van der Waals surface area contributed by atoms with Crippen LogP contribution >= 0.6 is 46.3 Å². The highest BCUT2D eigenvalue weighted by Crippen LogP contribution is 2.35. The summed E-state index contributed by atoms with van der Waals surface area (Å²) in [4.78, 5) is 33.4. The lowest BCUT2D eigenvalue weighted by Crippen LogP contribution is -2.13. The van der Waals surface area contributed by atoms with Gasteiger partial charge >= 0.3 is 5.97 Å². The third-order valence-corrected chi connectivity index (χ3v) is 5.72. The van der Waals surface area contributed by atoms with Gasteiger partial charge in [0.15, 0.2) is 5.13 Å². The first-order chi connectivity index (χ1) is 13.3. The normalized spacial score (nSPS) is 11.0. The lowest BCUT2D eigenvalue weighted by Gasteiger charge is -2.07. The van der Waals surface area contributed by atoms with Crippen LogP contribution in [0.15, 0.2) is 12.1 Å². The molecule has 2 heterocycles. The van der Waals surface area contributed by atoms with Crippen LogP contribution in [0.3, 0.4) is 0 Å². The van der Waals surface area contributed by atoms with Gasteiger partial charge < -0.3 is 14.8 Å². The Hall–Kier alpha value is -2.04. The molecular weight excluding hydrogens is 451 g/mol. The number of thiazole rings is 1. The van der Waals surface area contributed by atoms with E-state index in [0.717, 1.165) is 11.3 Å². The van der Waals surface area contributed by atoms with Gasteiger partial charge in [0.1, 0.15) is 23.6 Å². The van der Waals surface area contributed by atoms with Gasteiger partial charge in [-0.25, -0.2) is 14.6 Å². The zero-order chi connectivity index (χ0) is 20.4. The summed E-state index contributed by atoms with van der Waals surface area (Å²) in [7, 11) is 0. The van der Waals surface area contributed by atoms with E-state index in [9.17, 15) is 14.7 Å². The highest BCUT2D eigenvalue weighted by atomic mass is 35.5. The third-order valence-electron chi connectivity index (χ3n) is 3.66. The number of hydrogen-bond acceptors (Lipinski definition) is 6. The van der Waals surface area contributed by atoms with Crippen molar-refractivity contribution in [1.29, 1.82) is 0 Å². The maximum atomic E-state index is 12.5. The number of aryl methyl sites for hydroxylation is 1. The van der Waals surface area contributed by atoms with Crippen LogP contribution in [0, 0.1) is 6.92 Å². The Morgan fingerprint density at radius 2 is 2.07 bits per heavy atom. The summed E-state index contributed by atoms with van der Waals surface area (Å²) in [5.74, 6) is -1.36. The molecule has 1 aromatic carbocycles. The lowest BCUT2D eigenvalue weighted by atomic mass is 10.2. The van der Waals surface area contributed by atoms with E-state index in [4.69, 9.17) is 39.7 Å². The molecule has 0 aliphatic carbocycles. The Labute approximate surface area is 177 Å². The quantitative estimate of drug-likeness (QED) is 0.306. The number of halogens is 3. The molecule has 148 valence electrons. The molecule has 0 bridgehead atoms. The molecule has 0 saturated heterocycles. The fraction of sp³-hybridized carbons (Fsp3) is 0.188. The number of nitrogens with one attached hydrogen (secondary N) is 3. The zero-order valence-corrected chi connectivity index (χ0v) is 17.3. The van der Waals surface area contributed by atoms with E-state index in [0.29, 0.717) is 22.5 Å². The van der Waals surface area contributed by atoms with Crippen LogP contribution in [0.4, 0.5) is 5.13 Å². The van der Waals surface area contributed by atoms with Gasteiger partial charge in [0, 0.05) is 12.2 Å². The topological polar surface area (TPSA) is 116 Å². The van der Waals surface area contributed by atoms with Crippen LogP contribution in [0.1, 0.15) is 26.5 Å². The molecule has 28 heavy (non-hydrogen) atoms. The number of aromatic carboxylic acids is 1. The number of carboxylic acids is 1. The van der Waals surface area contributed by atoms with E-state index < -0.39 is 11.9 Å². The SMILES string of the molecule is Cc1[nH]c(C(=O)Nc2nc3c(OCCNCl)cc(C(=O)O)cc3s2)c(Cl)c1Cl. The number of aromatic nitrogens is 2. The second-order valence-corrected chi connectivity index (χ2v) is 7.64. The van der Waals surface area contributed by atoms with Gasteiger partial charge in [-0.3, -0.25) is 10.1 Å². The summed E-state index contributed by atoms with van der Waals surface area (Å²) >= 11 is 18.6. The molecule has 0 aliphatic heterocycles. The number of fused-ring (bicyclic) bond motifs is 1. The van der Waals surface area contributed by atoms with Gasteiger partial charge in [-0.1, -0.05) is 34.5 Å². The highest BCUT2D eigenvalue weighted by Gasteiger charge is 2.20. The van der Waals surface area contributed by atoms with Crippen LogP contribution in [0.2, 0.25) is 10.0 Å². The first-order valence-corrected chi connectivity index (χ1v) is 9.76. The van der Waals surface area contributed by atoms with Crippen molar-refractivity contribution >= 4 is 73.5 Å². The van der Waals surface area contributed by atoms with Crippen molar-refractivity contribution in [2.45, 2.75) is 6.92 Å². The van der Waals surface area contributed by atoms with Gasteiger partial charge in [0.25, 0.3) is 5.91 Å². The molecule has 0 spiro atoms. The standard InChI is InChI=1S/C16H13Cl3N4O4S/c1-6-10(17)11(18)13(21-6)14(24)23-16-22-12-8(27-3-2-20-19)4-7(15(25)26)5-9(12)28-16/h4-5,20-21H,2-3H2,1H3,(H,25,26)(H,22,23,24). The molecule has 3 rings (SSSR count). The van der Waals surface area contributed by atoms with Crippen LogP contribution in [0.5, 0.6) is 5.75 Å². The van der Waals surface area contributed by atoms with Gasteiger partial charge in [0.05, 0.1) is 20.3 Å². The average Bonchev–Trinajstić information content (AvgIpc) is 3.17. The fourth-order valence-corrected chi connectivity index (χ4v) is 3.78. The number of hydrogen-bond donors (Lipinski definition) is 4. The Morgan fingerprint density at radius 1 is 1.32 bits per heavy atom. The highest BCUT2D eigenvalue weighted by molar-refractivity contribution is 7.22. The molecule has 0 atom stereocenters. The number of H-pyrrole nitrogens is 1. The average molecular weight is 464 g/mol. The van der Waals surface area contributed by atoms with E-state index in [-0.39, 0.29) is 38.8 Å². The van der Waals surface area contributed by atoms with Crippen molar-refractivity contribution in [2.75, 3.05) is 18.5 Å². The number of ether oxygens (including phenoxy) is 1. The zero-order valence-electron chi connectivity index (χ0n) is 14.2. The Bertz CT molecular complexity index is 1070. The summed E-state index contributed by atoms with van der Waals surface area (Å²) in [5, 5.41) is 12.6. The molecule has 1 amide bonds. The smallest absolute Gasteiger partial charge is 0.335 e. The van der Waals surface area contributed by atoms with Crippen LogP contribution < -0.4 is 14.9 Å². The largest absolute Gasteiger partial charge is 0.490 e. The maximum absolute atomic E-state index is 12.5. The molecule has 2 aromatic heterocycles. The molecule has 0 saturated carbocycles. The van der Waals surface area contributed by atoms with E-state index in [1.807, 2.05) is 0 Å². The maximum Gasteiger partial charge on any atom is 0.335 e. The minimum absolute atomic E-state index is 0.0395. The second-order valence-electron chi connectivity index (χ2n) is 5.58. The number of benzene rings is 1. The predicted octanol–water partition coefficient (Wildman–Crippen LogP) is 4.31. The van der Waals surface area contributed by atoms with Crippen molar-refractivity contribution in [3.05, 3.63) is 39.1 Å². The van der Waals surface area contributed by atoms with Gasteiger partial charge in [-0.2, -0.15) is 0 Å². The van der Waals surface area contributed by atoms with Gasteiger partial charge in [-0.15, -0.1) is 0 Å². The second kappa shape index (κ2) is 8.54. The van der Waals surface area contributed by atoms with E-state index in [1.165, 1.54) is 12.1 Å².